The third kappa shape index (κ3) is 10.0. The summed E-state index contributed by atoms with van der Waals surface area (Å²) in [5, 5.41) is 22.3. The summed E-state index contributed by atoms with van der Waals surface area (Å²) in [6, 6.07) is 1.80. The second kappa shape index (κ2) is 20.0. The number of halogens is 1. The summed E-state index contributed by atoms with van der Waals surface area (Å²) in [7, 11) is 0. The molecule has 6 amide bonds. The van der Waals surface area contributed by atoms with Gasteiger partial charge in [-0.1, -0.05) is 13.3 Å². The standard InChI is InChI=1S/C45H54FN7O11/c1-6-45(62)32-19-35-39-30(21-53(35)43(60)31(32)22-64-44(45)61)28(29-18-24(2)33(46)20-34(29)51-39)12-9-11-17-63-23-47-40(57)25(3)49-42(59)27(5)50-41(58)26(4)48-36(54)13-8-7-10-16-52-37(55)14-15-38(52)56/h14-15,18-20,25-27,62H,6-13,16-17,21-23H2,1-5H3,(H,47,57)(H,48,54)(H,49,59)(H,50,58)/t25?,26?,27?,45-/m0/s1. The summed E-state index contributed by atoms with van der Waals surface area (Å²) in [5.74, 6) is -4.06. The molecule has 0 fully saturated rings. The molecule has 3 aliphatic heterocycles. The molecule has 3 aromatic rings. The molecule has 1 aromatic carbocycles. The molecule has 0 spiro atoms. The first kappa shape index (κ1) is 47.1. The number of rotatable bonds is 20. The normalized spacial score (nSPS) is 17.6. The summed E-state index contributed by atoms with van der Waals surface area (Å²) in [4.78, 5) is 106. The maximum Gasteiger partial charge on any atom is 0.343 e. The largest absolute Gasteiger partial charge is 0.458 e. The van der Waals surface area contributed by atoms with E-state index < -0.39 is 58.8 Å². The fourth-order valence-electron chi connectivity index (χ4n) is 8.00. The number of aliphatic hydroxyl groups is 1. The number of benzene rings is 1. The predicted molar refractivity (Wildman–Crippen MR) is 228 cm³/mol. The van der Waals surface area contributed by atoms with E-state index in [0.29, 0.717) is 61.0 Å². The van der Waals surface area contributed by atoms with Gasteiger partial charge < -0.3 is 40.4 Å². The van der Waals surface area contributed by atoms with Gasteiger partial charge in [-0.2, -0.15) is 0 Å². The third-order valence-corrected chi connectivity index (χ3v) is 11.9. The lowest BCUT2D eigenvalue weighted by Gasteiger charge is -2.31. The Hall–Kier alpha value is -6.34. The Labute approximate surface area is 368 Å². The van der Waals surface area contributed by atoms with E-state index >= 15 is 0 Å². The molecule has 0 aliphatic carbocycles. The van der Waals surface area contributed by atoms with Gasteiger partial charge in [0.05, 0.1) is 29.0 Å². The number of ether oxygens (including phenoxy) is 2. The van der Waals surface area contributed by atoms with E-state index in [1.807, 2.05) is 0 Å². The van der Waals surface area contributed by atoms with Gasteiger partial charge in [0.1, 0.15) is 37.3 Å². The number of fused-ring (bicyclic) bond motifs is 5. The van der Waals surface area contributed by atoms with Gasteiger partial charge in [-0.3, -0.25) is 38.5 Å². The van der Waals surface area contributed by atoms with Crippen LogP contribution in [-0.4, -0.2) is 99.0 Å². The Bertz CT molecular complexity index is 2470. The number of carbonyl (C=O) groups is 7. The first-order chi connectivity index (χ1) is 30.4. The molecule has 64 heavy (non-hydrogen) atoms. The zero-order valence-corrected chi connectivity index (χ0v) is 36.6. The van der Waals surface area contributed by atoms with Crippen molar-refractivity contribution in [3.63, 3.8) is 0 Å². The van der Waals surface area contributed by atoms with Crippen LogP contribution in [0.1, 0.15) is 100 Å². The van der Waals surface area contributed by atoms with Crippen LogP contribution in [0.2, 0.25) is 0 Å². The Kier molecular flexibility index (Phi) is 14.7. The van der Waals surface area contributed by atoms with Gasteiger partial charge in [-0.15, -0.1) is 0 Å². The molecule has 5 heterocycles. The van der Waals surface area contributed by atoms with Gasteiger partial charge in [-0.25, -0.2) is 14.2 Å². The summed E-state index contributed by atoms with van der Waals surface area (Å²) < 4.78 is 27.2. The molecule has 3 unspecified atom stereocenters. The topological polar surface area (TPSA) is 244 Å². The van der Waals surface area contributed by atoms with Crippen LogP contribution in [0.15, 0.2) is 35.1 Å². The van der Waals surface area contributed by atoms with E-state index in [1.54, 1.807) is 30.5 Å². The quantitative estimate of drug-likeness (QED) is 0.0370. The van der Waals surface area contributed by atoms with Crippen LogP contribution in [0.5, 0.6) is 0 Å². The minimum Gasteiger partial charge on any atom is -0.458 e. The molecule has 6 rings (SSSR count). The van der Waals surface area contributed by atoms with Crippen LogP contribution in [0.4, 0.5) is 4.39 Å². The van der Waals surface area contributed by atoms with Gasteiger partial charge in [0.2, 0.25) is 23.6 Å². The molecule has 18 nitrogen and oxygen atoms in total. The van der Waals surface area contributed by atoms with Crippen molar-refractivity contribution in [3.8, 4) is 11.4 Å². The van der Waals surface area contributed by atoms with Gasteiger partial charge in [0.15, 0.2) is 5.60 Å². The van der Waals surface area contributed by atoms with Gasteiger partial charge >= 0.3 is 5.97 Å². The number of hydrogen-bond donors (Lipinski definition) is 5. The Balaban J connectivity index is 0.931. The maximum atomic E-state index is 14.8. The number of imide groups is 1. The average molecular weight is 888 g/mol. The summed E-state index contributed by atoms with van der Waals surface area (Å²) in [6.07, 6.45) is 5.93. The van der Waals surface area contributed by atoms with E-state index in [1.165, 1.54) is 39.0 Å². The number of nitrogens with one attached hydrogen (secondary N) is 4. The lowest BCUT2D eigenvalue weighted by molar-refractivity contribution is -0.172. The number of esters is 1. The lowest BCUT2D eigenvalue weighted by Crippen LogP contribution is -2.54. The number of cyclic esters (lactones) is 1. The predicted octanol–water partition coefficient (Wildman–Crippen LogP) is 1.94. The number of aryl methyl sites for hydroxylation is 2. The zero-order chi connectivity index (χ0) is 46.5. The first-order valence-electron chi connectivity index (χ1n) is 21.5. The number of pyridine rings is 2. The molecule has 0 bridgehead atoms. The second-order valence-corrected chi connectivity index (χ2v) is 16.4. The van der Waals surface area contributed by atoms with Gasteiger partial charge in [0.25, 0.3) is 17.4 Å². The smallest absolute Gasteiger partial charge is 0.343 e. The number of nitrogens with zero attached hydrogens (tertiary/aromatic N) is 3. The van der Waals surface area contributed by atoms with Crippen molar-refractivity contribution in [2.45, 2.75) is 123 Å². The van der Waals surface area contributed by atoms with Crippen molar-refractivity contribution in [1.82, 2.24) is 35.7 Å². The van der Waals surface area contributed by atoms with E-state index in [9.17, 15) is 47.9 Å². The Morgan fingerprint density at radius 2 is 1.56 bits per heavy atom. The molecule has 3 aliphatic rings. The molecular weight excluding hydrogens is 834 g/mol. The van der Waals surface area contributed by atoms with E-state index in [-0.39, 0.29) is 74.7 Å². The van der Waals surface area contributed by atoms with Crippen LogP contribution >= 0.6 is 0 Å². The summed E-state index contributed by atoms with van der Waals surface area (Å²) >= 11 is 0. The molecule has 4 atom stereocenters. The Morgan fingerprint density at radius 1 is 0.891 bits per heavy atom. The number of amides is 6. The fourth-order valence-corrected chi connectivity index (χ4v) is 8.00. The summed E-state index contributed by atoms with van der Waals surface area (Å²) in [5.41, 5.74) is 1.45. The second-order valence-electron chi connectivity index (χ2n) is 16.4. The van der Waals surface area contributed by atoms with Crippen molar-refractivity contribution in [2.24, 2.45) is 0 Å². The van der Waals surface area contributed by atoms with E-state index in [2.05, 4.69) is 21.3 Å². The molecule has 342 valence electrons. The van der Waals surface area contributed by atoms with E-state index in [4.69, 9.17) is 14.5 Å². The highest BCUT2D eigenvalue weighted by Crippen LogP contribution is 2.41. The van der Waals surface area contributed by atoms with Crippen LogP contribution in [0.25, 0.3) is 22.3 Å². The highest BCUT2D eigenvalue weighted by molar-refractivity contribution is 6.12. The van der Waals surface area contributed by atoms with Crippen LogP contribution in [0.3, 0.4) is 0 Å². The summed E-state index contributed by atoms with van der Waals surface area (Å²) in [6.45, 7) is 8.04. The van der Waals surface area contributed by atoms with Crippen molar-refractivity contribution < 1.29 is 52.5 Å². The average Bonchev–Trinajstić information content (AvgIpc) is 3.79. The number of aromatic nitrogens is 2. The van der Waals surface area contributed by atoms with Crippen molar-refractivity contribution in [3.05, 3.63) is 74.3 Å². The van der Waals surface area contributed by atoms with Crippen molar-refractivity contribution in [2.75, 3.05) is 19.9 Å². The fraction of sp³-hybridized carbons (Fsp3) is 0.489. The molecule has 0 saturated carbocycles. The molecule has 2 aromatic heterocycles. The highest BCUT2D eigenvalue weighted by Gasteiger charge is 2.45. The van der Waals surface area contributed by atoms with Crippen molar-refractivity contribution >= 4 is 52.3 Å². The van der Waals surface area contributed by atoms with Gasteiger partial charge in [0, 0.05) is 54.3 Å². The maximum absolute atomic E-state index is 14.8. The lowest BCUT2D eigenvalue weighted by atomic mass is 9.86. The number of carbonyl (C=O) groups excluding carboxylic acids is 7. The highest BCUT2D eigenvalue weighted by atomic mass is 19.1. The first-order valence-corrected chi connectivity index (χ1v) is 21.5. The monoisotopic (exact) mass is 887 g/mol. The minimum atomic E-state index is -1.98. The zero-order valence-electron chi connectivity index (χ0n) is 36.6. The SMILES string of the molecule is CC[C@@]1(O)C(=O)OCc2c1cc1n(c2=O)Cc2c-1nc1cc(F)c(C)cc1c2CCCCOCNC(=O)C(C)NC(=O)C(C)NC(=O)C(C)NC(=O)CCCCCN1C(=O)C=CC1=O. The van der Waals surface area contributed by atoms with Crippen LogP contribution < -0.4 is 26.8 Å². The molecule has 19 heteroatoms. The van der Waals surface area contributed by atoms with E-state index in [0.717, 1.165) is 21.4 Å². The van der Waals surface area contributed by atoms with Crippen LogP contribution in [-0.2, 0) is 68.2 Å². The van der Waals surface area contributed by atoms with Crippen molar-refractivity contribution in [1.29, 1.82) is 0 Å². The molecule has 0 saturated heterocycles. The Morgan fingerprint density at radius 3 is 2.25 bits per heavy atom. The van der Waals surface area contributed by atoms with Gasteiger partial charge in [-0.05, 0) is 89.5 Å². The van der Waals surface area contributed by atoms with Crippen LogP contribution in [0, 0.1) is 12.7 Å². The minimum absolute atomic E-state index is 0.00222. The molecular formula is C45H54FN7O11. The number of hydrogen-bond acceptors (Lipinski definition) is 12. The molecule has 5 N–H and O–H groups in total. The number of unbranched alkanes of at least 4 members (excludes halogenated alkanes) is 3. The molecule has 0 radical (unpaired) electrons. The third-order valence-electron chi connectivity index (χ3n) is 11.9.